The lowest BCUT2D eigenvalue weighted by Gasteiger charge is -2.11. The highest BCUT2D eigenvalue weighted by atomic mass is 16.5. The predicted octanol–water partition coefficient (Wildman–Crippen LogP) is 2.70. The zero-order chi connectivity index (χ0) is 18.2. The minimum absolute atomic E-state index is 0.136. The van der Waals surface area contributed by atoms with Crippen molar-refractivity contribution in [3.63, 3.8) is 0 Å². The number of benzene rings is 1. The predicted molar refractivity (Wildman–Crippen MR) is 98.8 cm³/mol. The fraction of sp³-hybridized carbons (Fsp3) is 0.368. The first-order valence-corrected chi connectivity index (χ1v) is 8.64. The van der Waals surface area contributed by atoms with Gasteiger partial charge in [0.1, 0.15) is 30.0 Å². The number of rotatable bonds is 8. The summed E-state index contributed by atoms with van der Waals surface area (Å²) >= 11 is 0. The van der Waals surface area contributed by atoms with Crippen LogP contribution in [0.3, 0.4) is 0 Å². The largest absolute Gasteiger partial charge is 0.497 e. The second-order valence-corrected chi connectivity index (χ2v) is 5.87. The molecule has 0 spiro atoms. The second kappa shape index (κ2) is 9.05. The number of anilines is 2. The van der Waals surface area contributed by atoms with E-state index in [1.807, 2.05) is 30.3 Å². The van der Waals surface area contributed by atoms with Crippen LogP contribution >= 0.6 is 0 Å². The third-order valence-corrected chi connectivity index (χ3v) is 4.00. The Morgan fingerprint density at radius 2 is 2.04 bits per heavy atom. The number of ether oxygens (including phenoxy) is 3. The molecule has 0 bridgehead atoms. The molecular weight excluding hydrogens is 334 g/mol. The van der Waals surface area contributed by atoms with Gasteiger partial charge in [0.2, 0.25) is 0 Å². The molecule has 1 aliphatic heterocycles. The fourth-order valence-electron chi connectivity index (χ4n) is 2.60. The summed E-state index contributed by atoms with van der Waals surface area (Å²) in [7, 11) is 1.63. The first kappa shape index (κ1) is 18.0. The minimum Gasteiger partial charge on any atom is -0.497 e. The molecule has 2 heterocycles. The van der Waals surface area contributed by atoms with Gasteiger partial charge in [-0.2, -0.15) is 0 Å². The molecule has 138 valence electrons. The number of nitrogens with one attached hydrogen (secondary N) is 2. The zero-order valence-corrected chi connectivity index (χ0v) is 14.7. The molecule has 7 heteroatoms. The number of hydrogen-bond acceptors (Lipinski definition) is 6. The lowest BCUT2D eigenvalue weighted by molar-refractivity contribution is -0.124. The van der Waals surface area contributed by atoms with Crippen molar-refractivity contribution in [3.05, 3.63) is 42.6 Å². The molecule has 0 saturated carbocycles. The van der Waals surface area contributed by atoms with Crippen LogP contribution in [-0.2, 0) is 9.53 Å². The van der Waals surface area contributed by atoms with Crippen molar-refractivity contribution in [2.24, 2.45) is 0 Å². The summed E-state index contributed by atoms with van der Waals surface area (Å²) in [4.78, 5) is 16.2. The molecule has 0 aliphatic carbocycles. The number of hydrogen-bond donors (Lipinski definition) is 2. The Balaban J connectivity index is 1.39. The molecule has 1 aliphatic rings. The summed E-state index contributed by atoms with van der Waals surface area (Å²) in [6.07, 6.45) is 3.01. The summed E-state index contributed by atoms with van der Waals surface area (Å²) in [6, 6.07) is 11.1. The maximum Gasteiger partial charge on any atom is 0.254 e. The number of pyridine rings is 1. The molecule has 1 saturated heterocycles. The van der Waals surface area contributed by atoms with Crippen molar-refractivity contribution < 1.29 is 19.0 Å². The van der Waals surface area contributed by atoms with E-state index in [-0.39, 0.29) is 12.0 Å². The van der Waals surface area contributed by atoms with E-state index < -0.39 is 0 Å². The number of methoxy groups -OCH3 is 1. The maximum atomic E-state index is 12.0. The van der Waals surface area contributed by atoms with Crippen LogP contribution in [0.15, 0.2) is 42.6 Å². The third-order valence-electron chi connectivity index (χ3n) is 4.00. The monoisotopic (exact) mass is 357 g/mol. The van der Waals surface area contributed by atoms with Gasteiger partial charge in [0.15, 0.2) is 0 Å². The molecule has 1 aromatic heterocycles. The summed E-state index contributed by atoms with van der Waals surface area (Å²) in [5, 5.41) is 5.99. The van der Waals surface area contributed by atoms with E-state index in [1.54, 1.807) is 19.4 Å². The summed E-state index contributed by atoms with van der Waals surface area (Å²) in [6.45, 7) is 1.80. The summed E-state index contributed by atoms with van der Waals surface area (Å²) in [5.74, 6) is 1.97. The van der Waals surface area contributed by atoms with E-state index >= 15 is 0 Å². The zero-order valence-electron chi connectivity index (χ0n) is 14.7. The number of aromatic nitrogens is 1. The Bertz CT molecular complexity index is 698. The van der Waals surface area contributed by atoms with Crippen LogP contribution in [0.2, 0.25) is 0 Å². The highest BCUT2D eigenvalue weighted by Crippen LogP contribution is 2.17. The van der Waals surface area contributed by atoms with E-state index in [2.05, 4.69) is 15.6 Å². The molecule has 0 radical (unpaired) electrons. The molecule has 1 amide bonds. The number of carbonyl (C=O) groups excluding carboxylic acids is 1. The van der Waals surface area contributed by atoms with Gasteiger partial charge in [-0.05, 0) is 49.2 Å². The topological polar surface area (TPSA) is 81.7 Å². The minimum atomic E-state index is -0.357. The van der Waals surface area contributed by atoms with Gasteiger partial charge in [0.05, 0.1) is 19.0 Å². The lowest BCUT2D eigenvalue weighted by Crippen LogP contribution is -2.27. The van der Waals surface area contributed by atoms with Crippen LogP contribution in [0.25, 0.3) is 0 Å². The number of carbonyl (C=O) groups is 1. The Hall–Kier alpha value is -2.80. The Labute approximate surface area is 152 Å². The quantitative estimate of drug-likeness (QED) is 0.707. The SMILES string of the molecule is COc1ccc(OCCNc2ccc(NC(=O)C3CCCO3)nc2)cc1. The normalized spacial score (nSPS) is 16.1. The molecule has 1 unspecified atom stereocenters. The van der Waals surface area contributed by atoms with Crippen molar-refractivity contribution in [1.29, 1.82) is 0 Å². The van der Waals surface area contributed by atoms with Gasteiger partial charge < -0.3 is 24.8 Å². The van der Waals surface area contributed by atoms with E-state index in [0.717, 1.165) is 30.0 Å². The maximum absolute atomic E-state index is 12.0. The second-order valence-electron chi connectivity index (χ2n) is 5.87. The van der Waals surface area contributed by atoms with Gasteiger partial charge in [-0.25, -0.2) is 4.98 Å². The average Bonchev–Trinajstić information content (AvgIpc) is 3.22. The first-order valence-electron chi connectivity index (χ1n) is 8.64. The van der Waals surface area contributed by atoms with Gasteiger partial charge in [-0.1, -0.05) is 0 Å². The first-order chi connectivity index (χ1) is 12.7. The molecule has 1 atom stereocenters. The van der Waals surface area contributed by atoms with Crippen LogP contribution in [0.4, 0.5) is 11.5 Å². The van der Waals surface area contributed by atoms with Crippen molar-refractivity contribution >= 4 is 17.4 Å². The molecule has 7 nitrogen and oxygen atoms in total. The summed E-state index contributed by atoms with van der Waals surface area (Å²) in [5.41, 5.74) is 0.860. The van der Waals surface area contributed by atoms with Crippen molar-refractivity contribution in [2.75, 3.05) is 37.5 Å². The standard InChI is InChI=1S/C19H23N3O4/c1-24-15-5-7-16(8-6-15)25-12-10-20-14-4-9-18(21-13-14)22-19(23)17-3-2-11-26-17/h4-9,13,17,20H,2-3,10-12H2,1H3,(H,21,22,23). The molecule has 3 rings (SSSR count). The van der Waals surface area contributed by atoms with Crippen LogP contribution < -0.4 is 20.1 Å². The fourth-order valence-corrected chi connectivity index (χ4v) is 2.60. The smallest absolute Gasteiger partial charge is 0.254 e. The van der Waals surface area contributed by atoms with Crippen LogP contribution in [0.1, 0.15) is 12.8 Å². The Kier molecular flexibility index (Phi) is 6.27. The van der Waals surface area contributed by atoms with Crippen LogP contribution in [0.5, 0.6) is 11.5 Å². The average molecular weight is 357 g/mol. The molecule has 2 N–H and O–H groups in total. The number of amides is 1. The van der Waals surface area contributed by atoms with Gasteiger partial charge in [0.25, 0.3) is 5.91 Å². The van der Waals surface area contributed by atoms with Gasteiger partial charge in [-0.15, -0.1) is 0 Å². The highest BCUT2D eigenvalue weighted by Gasteiger charge is 2.23. The Morgan fingerprint density at radius 3 is 2.69 bits per heavy atom. The van der Waals surface area contributed by atoms with Gasteiger partial charge >= 0.3 is 0 Å². The van der Waals surface area contributed by atoms with Crippen molar-refractivity contribution in [3.8, 4) is 11.5 Å². The Morgan fingerprint density at radius 1 is 1.23 bits per heavy atom. The van der Waals surface area contributed by atoms with E-state index in [4.69, 9.17) is 14.2 Å². The molecule has 1 aromatic carbocycles. The van der Waals surface area contributed by atoms with Crippen molar-refractivity contribution in [1.82, 2.24) is 4.98 Å². The molecule has 2 aromatic rings. The lowest BCUT2D eigenvalue weighted by atomic mass is 10.2. The number of nitrogens with zero attached hydrogens (tertiary/aromatic N) is 1. The molecule has 1 fully saturated rings. The van der Waals surface area contributed by atoms with E-state index in [1.165, 1.54) is 0 Å². The van der Waals surface area contributed by atoms with Gasteiger partial charge in [0, 0.05) is 13.2 Å². The van der Waals surface area contributed by atoms with Crippen molar-refractivity contribution in [2.45, 2.75) is 18.9 Å². The highest BCUT2D eigenvalue weighted by molar-refractivity contribution is 5.93. The third kappa shape index (κ3) is 5.10. The van der Waals surface area contributed by atoms with Crippen LogP contribution in [0, 0.1) is 0 Å². The van der Waals surface area contributed by atoms with E-state index in [0.29, 0.717) is 25.6 Å². The molecule has 26 heavy (non-hydrogen) atoms. The molecular formula is C19H23N3O4. The van der Waals surface area contributed by atoms with E-state index in [9.17, 15) is 4.79 Å². The van der Waals surface area contributed by atoms with Gasteiger partial charge in [-0.3, -0.25) is 4.79 Å². The summed E-state index contributed by atoms with van der Waals surface area (Å²) < 4.78 is 16.1. The van der Waals surface area contributed by atoms with Crippen LogP contribution in [-0.4, -0.2) is 43.9 Å².